The van der Waals surface area contributed by atoms with E-state index < -0.39 is 0 Å². The predicted octanol–water partition coefficient (Wildman–Crippen LogP) is 5.80. The Bertz CT molecular complexity index is 241. The van der Waals surface area contributed by atoms with Gasteiger partial charge in [0.1, 0.15) is 0 Å². The first-order valence-corrected chi connectivity index (χ1v) is 6.82. The fourth-order valence-electron chi connectivity index (χ4n) is 1.38. The van der Waals surface area contributed by atoms with Crippen LogP contribution in [0.5, 0.6) is 0 Å². The molecule has 0 aliphatic rings. The van der Waals surface area contributed by atoms with Crippen molar-refractivity contribution < 1.29 is 0 Å². The number of rotatable bonds is 10. The zero-order chi connectivity index (χ0) is 12.6. The molecule has 0 amide bonds. The maximum atomic E-state index is 3.83. The number of allylic oxidation sites excluding steroid dienone is 8. The first kappa shape index (κ1) is 16.0. The van der Waals surface area contributed by atoms with Crippen molar-refractivity contribution in [1.82, 2.24) is 0 Å². The Morgan fingerprint density at radius 1 is 0.765 bits per heavy atom. The first-order valence-electron chi connectivity index (χ1n) is 6.82. The lowest BCUT2D eigenvalue weighted by Gasteiger charge is -1.89. The summed E-state index contributed by atoms with van der Waals surface area (Å²) >= 11 is 0. The predicted molar refractivity (Wildman–Crippen MR) is 79.9 cm³/mol. The molecule has 95 valence electrons. The minimum absolute atomic E-state index is 1.03. The van der Waals surface area contributed by atoms with Crippen molar-refractivity contribution in [2.45, 2.75) is 51.9 Å². The second-order valence-electron chi connectivity index (χ2n) is 4.03. The van der Waals surface area contributed by atoms with Crippen LogP contribution in [0.2, 0.25) is 0 Å². The molecule has 0 aliphatic carbocycles. The molecule has 0 aliphatic heterocycles. The maximum Gasteiger partial charge on any atom is -0.0166 e. The normalized spacial score (nSPS) is 12.8. The van der Waals surface area contributed by atoms with Gasteiger partial charge in [-0.25, -0.2) is 0 Å². The summed E-state index contributed by atoms with van der Waals surface area (Å²) in [6.07, 6.45) is 25.5. The summed E-state index contributed by atoms with van der Waals surface area (Å²) in [5.74, 6) is 0. The smallest absolute Gasteiger partial charge is 0.0166 e. The van der Waals surface area contributed by atoms with Crippen LogP contribution in [0.15, 0.2) is 48.6 Å². The van der Waals surface area contributed by atoms with Crippen LogP contribution in [-0.4, -0.2) is 0 Å². The minimum atomic E-state index is 1.03. The quantitative estimate of drug-likeness (QED) is 0.253. The molecule has 0 rings (SSSR count). The molecule has 0 heteroatoms. The van der Waals surface area contributed by atoms with Crippen LogP contribution in [0.3, 0.4) is 0 Å². The number of unbranched alkanes of at least 4 members (excludes halogenated alkanes) is 3. The highest BCUT2D eigenvalue weighted by Gasteiger charge is 1.79. The van der Waals surface area contributed by atoms with E-state index >= 15 is 0 Å². The van der Waals surface area contributed by atoms with Crippen molar-refractivity contribution in [3.8, 4) is 0 Å². The molecule has 0 saturated carbocycles. The van der Waals surface area contributed by atoms with E-state index in [-0.39, 0.29) is 0 Å². The molecule has 0 fully saturated rings. The highest BCUT2D eigenvalue weighted by molar-refractivity contribution is 5.05. The van der Waals surface area contributed by atoms with E-state index in [0.717, 1.165) is 25.7 Å². The van der Waals surface area contributed by atoms with Crippen LogP contribution in [0.4, 0.5) is 0 Å². The Hall–Kier alpha value is -1.04. The number of hydrogen-bond donors (Lipinski definition) is 0. The van der Waals surface area contributed by atoms with Gasteiger partial charge in [-0.2, -0.15) is 0 Å². The third kappa shape index (κ3) is 15.0. The van der Waals surface area contributed by atoms with Crippen molar-refractivity contribution in [1.29, 1.82) is 0 Å². The molecule has 0 aromatic carbocycles. The van der Waals surface area contributed by atoms with E-state index in [1.54, 1.807) is 0 Å². The summed E-state index contributed by atoms with van der Waals surface area (Å²) in [5, 5.41) is 0. The zero-order valence-corrected chi connectivity index (χ0v) is 11.3. The molecule has 1 radical (unpaired) electrons. The van der Waals surface area contributed by atoms with Gasteiger partial charge in [0.05, 0.1) is 0 Å². The van der Waals surface area contributed by atoms with Gasteiger partial charge in [-0.3, -0.25) is 0 Å². The summed E-state index contributed by atoms with van der Waals surface area (Å²) in [4.78, 5) is 0. The Morgan fingerprint density at radius 2 is 1.41 bits per heavy atom. The molecule has 0 atom stereocenters. The van der Waals surface area contributed by atoms with Gasteiger partial charge in [0.25, 0.3) is 0 Å². The fraction of sp³-hybridized carbons (Fsp3) is 0.471. The van der Waals surface area contributed by atoms with Gasteiger partial charge in [-0.15, -0.1) is 0 Å². The van der Waals surface area contributed by atoms with Gasteiger partial charge >= 0.3 is 0 Å². The summed E-state index contributed by atoms with van der Waals surface area (Å²) < 4.78 is 0. The van der Waals surface area contributed by atoms with Crippen molar-refractivity contribution >= 4 is 0 Å². The molecule has 17 heavy (non-hydrogen) atoms. The lowest BCUT2D eigenvalue weighted by atomic mass is 10.2. The SMILES string of the molecule is [CH2]CCCCC=CC=CCC=CCC=CCC. The molecule has 0 bridgehead atoms. The minimum Gasteiger partial charge on any atom is -0.0885 e. The summed E-state index contributed by atoms with van der Waals surface area (Å²) in [7, 11) is 0. The molecule has 0 saturated heterocycles. The van der Waals surface area contributed by atoms with Crippen LogP contribution < -0.4 is 0 Å². The zero-order valence-electron chi connectivity index (χ0n) is 11.3. The van der Waals surface area contributed by atoms with Gasteiger partial charge in [0.15, 0.2) is 0 Å². The van der Waals surface area contributed by atoms with Crippen LogP contribution >= 0.6 is 0 Å². The largest absolute Gasteiger partial charge is 0.0885 e. The fourth-order valence-corrected chi connectivity index (χ4v) is 1.38. The Labute approximate surface area is 108 Å². The van der Waals surface area contributed by atoms with E-state index in [9.17, 15) is 0 Å². The van der Waals surface area contributed by atoms with Crippen molar-refractivity contribution in [3.63, 3.8) is 0 Å². The molecule has 0 heterocycles. The monoisotopic (exact) mass is 231 g/mol. The lowest BCUT2D eigenvalue weighted by molar-refractivity contribution is 0.760. The Kier molecular flexibility index (Phi) is 14.0. The highest BCUT2D eigenvalue weighted by atomic mass is 13.9. The van der Waals surface area contributed by atoms with Crippen LogP contribution in [0.1, 0.15) is 51.9 Å². The molecule has 0 nitrogen and oxygen atoms in total. The average Bonchev–Trinajstić information content (AvgIpc) is 2.35. The molecular weight excluding hydrogens is 204 g/mol. The van der Waals surface area contributed by atoms with Gasteiger partial charge in [0.2, 0.25) is 0 Å². The van der Waals surface area contributed by atoms with Crippen molar-refractivity contribution in [2.75, 3.05) is 0 Å². The summed E-state index contributed by atoms with van der Waals surface area (Å²) in [6, 6.07) is 0. The third-order valence-electron chi connectivity index (χ3n) is 2.37. The maximum absolute atomic E-state index is 3.83. The summed E-state index contributed by atoms with van der Waals surface area (Å²) in [6.45, 7) is 5.99. The van der Waals surface area contributed by atoms with E-state index in [1.807, 2.05) is 0 Å². The van der Waals surface area contributed by atoms with Crippen molar-refractivity contribution in [2.24, 2.45) is 0 Å². The van der Waals surface area contributed by atoms with Crippen molar-refractivity contribution in [3.05, 3.63) is 55.5 Å². The Morgan fingerprint density at radius 3 is 2.12 bits per heavy atom. The second-order valence-corrected chi connectivity index (χ2v) is 4.03. The topological polar surface area (TPSA) is 0 Å². The van der Waals surface area contributed by atoms with Gasteiger partial charge < -0.3 is 0 Å². The lowest BCUT2D eigenvalue weighted by Crippen LogP contribution is -1.69. The molecule has 0 unspecified atom stereocenters. The van der Waals surface area contributed by atoms with Crippen LogP contribution in [0.25, 0.3) is 0 Å². The molecule has 0 aromatic heterocycles. The van der Waals surface area contributed by atoms with E-state index in [1.165, 1.54) is 19.3 Å². The highest BCUT2D eigenvalue weighted by Crippen LogP contribution is 1.99. The first-order chi connectivity index (χ1) is 8.41. The van der Waals surface area contributed by atoms with Gasteiger partial charge in [-0.1, -0.05) is 75.3 Å². The molecule has 0 spiro atoms. The third-order valence-corrected chi connectivity index (χ3v) is 2.37. The van der Waals surface area contributed by atoms with E-state index in [4.69, 9.17) is 0 Å². The van der Waals surface area contributed by atoms with Gasteiger partial charge in [0, 0.05) is 0 Å². The number of hydrogen-bond acceptors (Lipinski definition) is 0. The Balaban J connectivity index is 3.38. The molecule has 0 aromatic rings. The van der Waals surface area contributed by atoms with Crippen LogP contribution in [-0.2, 0) is 0 Å². The van der Waals surface area contributed by atoms with Crippen LogP contribution in [0, 0.1) is 6.92 Å². The average molecular weight is 231 g/mol. The molecule has 0 N–H and O–H groups in total. The molecular formula is C17H27. The second kappa shape index (κ2) is 15.0. The summed E-state index contributed by atoms with van der Waals surface area (Å²) in [5.41, 5.74) is 0. The van der Waals surface area contributed by atoms with E-state index in [0.29, 0.717) is 0 Å². The standard InChI is InChI=1S/C17H27/c1-3-5-7-9-11-13-15-17-16-14-12-10-8-6-4-2/h6,8,11-15,17H,1,3-5,7,9-10,16H2,2H3. The van der Waals surface area contributed by atoms with Gasteiger partial charge in [-0.05, 0) is 32.1 Å². The van der Waals surface area contributed by atoms with E-state index in [2.05, 4.69) is 62.5 Å².